The van der Waals surface area contributed by atoms with Crippen molar-refractivity contribution >= 4 is 16.0 Å². The molecule has 0 radical (unpaired) electrons. The molecule has 0 spiro atoms. The summed E-state index contributed by atoms with van der Waals surface area (Å²) < 4.78 is 27.3. The molecule has 0 atom stereocenters. The number of rotatable bonds is 4. The van der Waals surface area contributed by atoms with Crippen molar-refractivity contribution in [2.45, 2.75) is 4.90 Å². The Morgan fingerprint density at radius 3 is 2.31 bits per heavy atom. The SMILES string of the molecule is CN1CCN(S(=O)(=O)c2cc(C(=O)O)cc(-c3cccc(O)c3)c2)CC1. The molecular formula is C18H20N2O5S. The molecular weight excluding hydrogens is 356 g/mol. The summed E-state index contributed by atoms with van der Waals surface area (Å²) in [6.45, 7) is 1.96. The molecule has 0 aliphatic carbocycles. The van der Waals surface area contributed by atoms with Crippen LogP contribution >= 0.6 is 0 Å². The first kappa shape index (κ1) is 18.4. The third-order valence-electron chi connectivity index (χ3n) is 4.43. The highest BCUT2D eigenvalue weighted by Gasteiger charge is 2.28. The van der Waals surface area contributed by atoms with Crippen molar-refractivity contribution in [1.29, 1.82) is 0 Å². The van der Waals surface area contributed by atoms with E-state index < -0.39 is 16.0 Å². The molecule has 2 N–H and O–H groups in total. The van der Waals surface area contributed by atoms with Gasteiger partial charge >= 0.3 is 5.97 Å². The van der Waals surface area contributed by atoms with E-state index in [4.69, 9.17) is 0 Å². The van der Waals surface area contributed by atoms with E-state index in [0.29, 0.717) is 37.3 Å². The first-order valence-corrected chi connectivity index (χ1v) is 9.58. The van der Waals surface area contributed by atoms with Crippen LogP contribution in [0.5, 0.6) is 5.75 Å². The van der Waals surface area contributed by atoms with Crippen molar-refractivity contribution in [3.05, 3.63) is 48.0 Å². The van der Waals surface area contributed by atoms with Gasteiger partial charge in [0, 0.05) is 26.2 Å². The molecule has 138 valence electrons. The Hall–Kier alpha value is -2.42. The van der Waals surface area contributed by atoms with Gasteiger partial charge in [0.1, 0.15) is 5.75 Å². The lowest BCUT2D eigenvalue weighted by molar-refractivity contribution is 0.0696. The maximum atomic E-state index is 13.0. The number of piperazine rings is 1. The van der Waals surface area contributed by atoms with Crippen molar-refractivity contribution in [3.63, 3.8) is 0 Å². The highest BCUT2D eigenvalue weighted by atomic mass is 32.2. The van der Waals surface area contributed by atoms with Gasteiger partial charge in [-0.15, -0.1) is 0 Å². The van der Waals surface area contributed by atoms with Gasteiger partial charge in [-0.2, -0.15) is 4.31 Å². The average Bonchev–Trinajstić information content (AvgIpc) is 2.61. The Morgan fingerprint density at radius 2 is 1.69 bits per heavy atom. The molecule has 26 heavy (non-hydrogen) atoms. The summed E-state index contributed by atoms with van der Waals surface area (Å²) in [4.78, 5) is 13.5. The molecule has 0 amide bonds. The van der Waals surface area contributed by atoms with Gasteiger partial charge in [0.15, 0.2) is 0 Å². The molecule has 2 aromatic carbocycles. The highest BCUT2D eigenvalue weighted by Crippen LogP contribution is 2.28. The van der Waals surface area contributed by atoms with Crippen LogP contribution in [0.15, 0.2) is 47.4 Å². The Morgan fingerprint density at radius 1 is 1.00 bits per heavy atom. The van der Waals surface area contributed by atoms with Crippen LogP contribution in [0.25, 0.3) is 11.1 Å². The number of hydrogen-bond donors (Lipinski definition) is 2. The number of hydrogen-bond acceptors (Lipinski definition) is 5. The minimum atomic E-state index is -3.80. The first-order valence-electron chi connectivity index (χ1n) is 8.14. The number of carbonyl (C=O) groups is 1. The van der Waals surface area contributed by atoms with E-state index in [1.54, 1.807) is 12.1 Å². The van der Waals surface area contributed by atoms with Crippen LogP contribution in [-0.2, 0) is 10.0 Å². The number of phenolic OH excluding ortho intramolecular Hbond substituents is 1. The van der Waals surface area contributed by atoms with E-state index in [-0.39, 0.29) is 16.2 Å². The summed E-state index contributed by atoms with van der Waals surface area (Å²) in [5, 5.41) is 19.0. The Kier molecular flexibility index (Phi) is 4.99. The lowest BCUT2D eigenvalue weighted by Crippen LogP contribution is -2.47. The van der Waals surface area contributed by atoms with Gasteiger partial charge < -0.3 is 15.1 Å². The van der Waals surface area contributed by atoms with Crippen LogP contribution < -0.4 is 0 Å². The lowest BCUT2D eigenvalue weighted by Gasteiger charge is -2.31. The van der Waals surface area contributed by atoms with Crippen molar-refractivity contribution in [1.82, 2.24) is 9.21 Å². The number of sulfonamides is 1. The summed E-state index contributed by atoms with van der Waals surface area (Å²) in [7, 11) is -1.88. The molecule has 0 bridgehead atoms. The first-order chi connectivity index (χ1) is 12.3. The van der Waals surface area contributed by atoms with Gasteiger partial charge in [0.25, 0.3) is 0 Å². The minimum Gasteiger partial charge on any atom is -0.508 e. The van der Waals surface area contributed by atoms with Gasteiger partial charge in [0.05, 0.1) is 10.5 Å². The molecule has 0 unspecified atom stereocenters. The predicted octanol–water partition coefficient (Wildman–Crippen LogP) is 1.69. The smallest absolute Gasteiger partial charge is 0.335 e. The number of likely N-dealkylation sites (N-methyl/N-ethyl adjacent to an activating group) is 1. The van der Waals surface area contributed by atoms with Crippen LogP contribution in [-0.4, -0.2) is 67.0 Å². The molecule has 2 aromatic rings. The second kappa shape index (κ2) is 7.06. The summed E-state index contributed by atoms with van der Waals surface area (Å²) in [6, 6.07) is 10.3. The van der Waals surface area contributed by atoms with Crippen LogP contribution in [0.4, 0.5) is 0 Å². The van der Waals surface area contributed by atoms with E-state index >= 15 is 0 Å². The van der Waals surface area contributed by atoms with E-state index in [9.17, 15) is 23.4 Å². The predicted molar refractivity (Wildman–Crippen MR) is 96.8 cm³/mol. The number of carboxylic acids is 1. The fourth-order valence-electron chi connectivity index (χ4n) is 2.90. The number of aromatic hydroxyl groups is 1. The largest absolute Gasteiger partial charge is 0.508 e. The van der Waals surface area contributed by atoms with Crippen molar-refractivity contribution < 1.29 is 23.4 Å². The van der Waals surface area contributed by atoms with Crippen LogP contribution in [0, 0.1) is 0 Å². The number of phenols is 1. The van der Waals surface area contributed by atoms with Crippen molar-refractivity contribution in [2.75, 3.05) is 33.2 Å². The fraction of sp³-hybridized carbons (Fsp3) is 0.278. The zero-order valence-corrected chi connectivity index (χ0v) is 15.1. The van der Waals surface area contributed by atoms with Crippen LogP contribution in [0.3, 0.4) is 0 Å². The van der Waals surface area contributed by atoms with Crippen LogP contribution in [0.1, 0.15) is 10.4 Å². The third kappa shape index (κ3) is 3.72. The maximum absolute atomic E-state index is 13.0. The summed E-state index contributed by atoms with van der Waals surface area (Å²) in [5.74, 6) is -1.19. The number of aromatic carboxylic acids is 1. The Balaban J connectivity index is 2.08. The van der Waals surface area contributed by atoms with Gasteiger partial charge in [-0.3, -0.25) is 0 Å². The minimum absolute atomic E-state index is 0.0201. The summed E-state index contributed by atoms with van der Waals surface area (Å²) in [6.07, 6.45) is 0. The third-order valence-corrected chi connectivity index (χ3v) is 6.31. The zero-order valence-electron chi connectivity index (χ0n) is 14.3. The fourth-order valence-corrected chi connectivity index (χ4v) is 4.40. The Labute approximate surface area is 152 Å². The van der Waals surface area contributed by atoms with E-state index in [2.05, 4.69) is 0 Å². The van der Waals surface area contributed by atoms with Gasteiger partial charge in [-0.05, 0) is 48.5 Å². The molecule has 8 heteroatoms. The summed E-state index contributed by atoms with van der Waals surface area (Å²) in [5.41, 5.74) is 0.856. The average molecular weight is 376 g/mol. The second-order valence-electron chi connectivity index (χ2n) is 6.31. The quantitative estimate of drug-likeness (QED) is 0.843. The maximum Gasteiger partial charge on any atom is 0.335 e. The standard InChI is InChI=1S/C18H20N2O5S/c1-19-5-7-20(8-6-19)26(24,25)17-11-14(9-15(12-17)18(22)23)13-3-2-4-16(21)10-13/h2-4,9-12,21H,5-8H2,1H3,(H,22,23). The van der Waals surface area contributed by atoms with Crippen molar-refractivity contribution in [2.24, 2.45) is 0 Å². The molecule has 1 aliphatic rings. The topological polar surface area (TPSA) is 98.2 Å². The molecule has 3 rings (SSSR count). The van der Waals surface area contributed by atoms with E-state index in [1.807, 2.05) is 11.9 Å². The number of carboxylic acid groups (broad SMARTS) is 1. The molecule has 1 heterocycles. The monoisotopic (exact) mass is 376 g/mol. The number of nitrogens with zero attached hydrogens (tertiary/aromatic N) is 2. The van der Waals surface area contributed by atoms with Gasteiger partial charge in [0.2, 0.25) is 10.0 Å². The number of benzene rings is 2. The normalized spacial score (nSPS) is 16.5. The zero-order chi connectivity index (χ0) is 18.9. The van der Waals surface area contributed by atoms with E-state index in [0.717, 1.165) is 0 Å². The van der Waals surface area contributed by atoms with E-state index in [1.165, 1.54) is 34.6 Å². The van der Waals surface area contributed by atoms with Crippen LogP contribution in [0.2, 0.25) is 0 Å². The molecule has 1 saturated heterocycles. The van der Waals surface area contributed by atoms with Gasteiger partial charge in [-0.25, -0.2) is 13.2 Å². The lowest BCUT2D eigenvalue weighted by atomic mass is 10.0. The van der Waals surface area contributed by atoms with Crippen molar-refractivity contribution in [3.8, 4) is 16.9 Å². The molecule has 0 saturated carbocycles. The molecule has 1 fully saturated rings. The molecule has 0 aromatic heterocycles. The molecule has 7 nitrogen and oxygen atoms in total. The van der Waals surface area contributed by atoms with Gasteiger partial charge in [-0.1, -0.05) is 12.1 Å². The summed E-state index contributed by atoms with van der Waals surface area (Å²) >= 11 is 0. The molecule has 1 aliphatic heterocycles. The Bertz CT molecular complexity index is 934. The second-order valence-corrected chi connectivity index (χ2v) is 8.25. The highest BCUT2D eigenvalue weighted by molar-refractivity contribution is 7.89.